The van der Waals surface area contributed by atoms with Crippen molar-refractivity contribution in [2.24, 2.45) is 5.73 Å². The minimum absolute atomic E-state index is 0.0258. The number of nitrogens with zero attached hydrogens (tertiary/aromatic N) is 1. The molecule has 0 spiro atoms. The summed E-state index contributed by atoms with van der Waals surface area (Å²) in [5.74, 6) is 0.119. The van der Waals surface area contributed by atoms with E-state index in [-0.39, 0.29) is 11.3 Å². The van der Waals surface area contributed by atoms with Crippen LogP contribution in [-0.4, -0.2) is 10.4 Å². The lowest BCUT2D eigenvalue weighted by atomic mass is 9.99. The molecule has 0 bridgehead atoms. The van der Waals surface area contributed by atoms with Gasteiger partial charge < -0.3 is 10.3 Å². The fourth-order valence-corrected chi connectivity index (χ4v) is 1.92. The van der Waals surface area contributed by atoms with Gasteiger partial charge in [-0.05, 0) is 32.9 Å². The Morgan fingerprint density at radius 3 is 2.67 bits per heavy atom. The Labute approximate surface area is 89.6 Å². The van der Waals surface area contributed by atoms with Crippen LogP contribution in [0.15, 0.2) is 18.0 Å². The van der Waals surface area contributed by atoms with Gasteiger partial charge in [0.15, 0.2) is 5.78 Å². The van der Waals surface area contributed by atoms with Crippen molar-refractivity contribution < 1.29 is 4.79 Å². The van der Waals surface area contributed by atoms with Gasteiger partial charge in [-0.3, -0.25) is 4.79 Å². The zero-order valence-electron chi connectivity index (χ0n) is 9.37. The molecule has 0 unspecified atom stereocenters. The number of rotatable bonds is 0. The van der Waals surface area contributed by atoms with Crippen molar-refractivity contribution in [1.82, 2.24) is 4.57 Å². The van der Waals surface area contributed by atoms with Crippen LogP contribution < -0.4 is 5.73 Å². The Bertz CT molecular complexity index is 447. The number of hydrogen-bond donors (Lipinski definition) is 1. The fourth-order valence-electron chi connectivity index (χ4n) is 1.92. The number of hydrogen-bond acceptors (Lipinski definition) is 2. The second-order valence-corrected chi connectivity index (χ2v) is 4.97. The first-order valence-electron chi connectivity index (χ1n) is 5.10. The lowest BCUT2D eigenvalue weighted by Crippen LogP contribution is -2.24. The summed E-state index contributed by atoms with van der Waals surface area (Å²) in [5, 5.41) is 0. The van der Waals surface area contributed by atoms with Crippen molar-refractivity contribution in [3.05, 3.63) is 29.2 Å². The summed E-state index contributed by atoms with van der Waals surface area (Å²) in [6.07, 6.45) is 4.21. The average molecular weight is 204 g/mol. The van der Waals surface area contributed by atoms with E-state index in [1.165, 1.54) is 0 Å². The first kappa shape index (κ1) is 10.0. The largest absolute Gasteiger partial charge is 0.402 e. The number of carbonyl (C=O) groups excluding carboxylic acids is 1. The first-order chi connectivity index (χ1) is 6.89. The molecule has 1 aromatic heterocycles. The molecule has 0 saturated carbocycles. The van der Waals surface area contributed by atoms with E-state index in [1.807, 2.05) is 18.3 Å². The Kier molecular flexibility index (Phi) is 2.00. The number of fused-ring (bicyclic) bond motifs is 1. The fraction of sp³-hybridized carbons (Fsp3) is 0.417. The van der Waals surface area contributed by atoms with Crippen LogP contribution in [0.1, 0.15) is 43.2 Å². The zero-order valence-corrected chi connectivity index (χ0v) is 9.37. The molecule has 0 saturated heterocycles. The van der Waals surface area contributed by atoms with E-state index in [9.17, 15) is 4.79 Å². The van der Waals surface area contributed by atoms with E-state index in [4.69, 9.17) is 5.73 Å². The van der Waals surface area contributed by atoms with Gasteiger partial charge in [-0.2, -0.15) is 0 Å². The summed E-state index contributed by atoms with van der Waals surface area (Å²) in [6, 6.07) is 1.88. The number of carbonyl (C=O) groups is 1. The summed E-state index contributed by atoms with van der Waals surface area (Å²) < 4.78 is 2.09. The van der Waals surface area contributed by atoms with Gasteiger partial charge in [0.25, 0.3) is 0 Å². The van der Waals surface area contributed by atoms with Crippen LogP contribution in [0.3, 0.4) is 0 Å². The zero-order chi connectivity index (χ0) is 11.2. The highest BCUT2D eigenvalue weighted by Crippen LogP contribution is 2.27. The standard InChI is InChI=1S/C12H16N2O/c1-12(2,3)14-5-4-9-10(14)6-8(13)7-11(9)15/h4-6H,7,13H2,1-3H3. The smallest absolute Gasteiger partial charge is 0.170 e. The van der Waals surface area contributed by atoms with Crippen LogP contribution in [0.2, 0.25) is 0 Å². The second-order valence-electron chi connectivity index (χ2n) is 4.97. The van der Waals surface area contributed by atoms with E-state index in [2.05, 4.69) is 25.3 Å². The van der Waals surface area contributed by atoms with Crippen LogP contribution in [0.5, 0.6) is 0 Å². The van der Waals surface area contributed by atoms with Crippen molar-refractivity contribution in [3.63, 3.8) is 0 Å². The number of nitrogens with two attached hydrogens (primary N) is 1. The maximum atomic E-state index is 11.7. The van der Waals surface area contributed by atoms with Crippen molar-refractivity contribution in [2.45, 2.75) is 32.7 Å². The molecule has 1 aliphatic rings. The van der Waals surface area contributed by atoms with Crippen LogP contribution in [0.4, 0.5) is 0 Å². The molecule has 3 nitrogen and oxygen atoms in total. The van der Waals surface area contributed by atoms with Gasteiger partial charge in [0.1, 0.15) is 0 Å². The van der Waals surface area contributed by atoms with E-state index >= 15 is 0 Å². The van der Waals surface area contributed by atoms with E-state index in [0.29, 0.717) is 12.1 Å². The monoisotopic (exact) mass is 204 g/mol. The lowest BCUT2D eigenvalue weighted by Gasteiger charge is -2.25. The van der Waals surface area contributed by atoms with E-state index < -0.39 is 0 Å². The highest BCUT2D eigenvalue weighted by Gasteiger charge is 2.24. The third kappa shape index (κ3) is 1.58. The minimum atomic E-state index is -0.0258. The van der Waals surface area contributed by atoms with Gasteiger partial charge in [0.2, 0.25) is 0 Å². The number of ketones is 1. The summed E-state index contributed by atoms with van der Waals surface area (Å²) >= 11 is 0. The third-order valence-electron chi connectivity index (χ3n) is 2.64. The maximum absolute atomic E-state index is 11.7. The molecule has 15 heavy (non-hydrogen) atoms. The molecule has 0 fully saturated rings. The summed E-state index contributed by atoms with van der Waals surface area (Å²) in [4.78, 5) is 11.7. The van der Waals surface area contributed by atoms with Gasteiger partial charge in [0, 0.05) is 23.0 Å². The quantitative estimate of drug-likeness (QED) is 0.703. The molecular formula is C12H16N2O. The Morgan fingerprint density at radius 2 is 2.07 bits per heavy atom. The molecule has 3 heteroatoms. The Balaban J connectivity index is 2.62. The van der Waals surface area contributed by atoms with Gasteiger partial charge in [-0.25, -0.2) is 0 Å². The highest BCUT2D eigenvalue weighted by atomic mass is 16.1. The van der Waals surface area contributed by atoms with E-state index in [0.717, 1.165) is 11.3 Å². The van der Waals surface area contributed by atoms with Crippen molar-refractivity contribution in [3.8, 4) is 0 Å². The molecule has 1 aliphatic carbocycles. The molecule has 0 aromatic carbocycles. The normalized spacial score (nSPS) is 16.2. The van der Waals surface area contributed by atoms with Gasteiger partial charge in [0.05, 0.1) is 12.1 Å². The second kappa shape index (κ2) is 2.99. The van der Waals surface area contributed by atoms with Crippen molar-refractivity contribution in [1.29, 1.82) is 0 Å². The Hall–Kier alpha value is -1.51. The number of Topliss-reactive ketones (excluding diaryl/α,β-unsaturated/α-hetero) is 1. The first-order valence-corrected chi connectivity index (χ1v) is 5.10. The van der Waals surface area contributed by atoms with Gasteiger partial charge in [-0.15, -0.1) is 0 Å². The molecule has 2 rings (SSSR count). The van der Waals surface area contributed by atoms with E-state index in [1.54, 1.807) is 0 Å². The van der Waals surface area contributed by atoms with Gasteiger partial charge >= 0.3 is 0 Å². The molecule has 1 aromatic rings. The molecule has 0 atom stereocenters. The number of allylic oxidation sites excluding steroid dienone is 1. The summed E-state index contributed by atoms with van der Waals surface area (Å²) in [7, 11) is 0. The molecule has 0 amide bonds. The summed E-state index contributed by atoms with van der Waals surface area (Å²) in [5.41, 5.74) is 8.09. The average Bonchev–Trinajstić information content (AvgIpc) is 2.45. The topological polar surface area (TPSA) is 48.0 Å². The predicted octanol–water partition coefficient (Wildman–Crippen LogP) is 2.13. The maximum Gasteiger partial charge on any atom is 0.170 e. The van der Waals surface area contributed by atoms with Gasteiger partial charge in [-0.1, -0.05) is 0 Å². The number of aromatic nitrogens is 1. The van der Waals surface area contributed by atoms with Crippen molar-refractivity contribution in [2.75, 3.05) is 0 Å². The minimum Gasteiger partial charge on any atom is -0.402 e. The van der Waals surface area contributed by atoms with Crippen LogP contribution in [0.25, 0.3) is 6.08 Å². The highest BCUT2D eigenvalue weighted by molar-refractivity contribution is 6.03. The molecular weight excluding hydrogens is 188 g/mol. The molecule has 80 valence electrons. The van der Waals surface area contributed by atoms with Crippen LogP contribution in [-0.2, 0) is 5.54 Å². The molecule has 2 N–H and O–H groups in total. The molecule has 0 radical (unpaired) electrons. The molecule has 1 heterocycles. The van der Waals surface area contributed by atoms with Crippen molar-refractivity contribution >= 4 is 11.9 Å². The summed E-state index contributed by atoms with van der Waals surface area (Å²) in [6.45, 7) is 6.32. The Morgan fingerprint density at radius 1 is 1.40 bits per heavy atom. The molecule has 0 aliphatic heterocycles. The van der Waals surface area contributed by atoms with Crippen LogP contribution >= 0.6 is 0 Å². The SMILES string of the molecule is CC(C)(C)n1ccc2c1C=C(N)CC2=O. The van der Waals surface area contributed by atoms with Crippen LogP contribution in [0, 0.1) is 0 Å². The third-order valence-corrected chi connectivity index (χ3v) is 2.64. The lowest BCUT2D eigenvalue weighted by molar-refractivity contribution is 0.0991. The predicted molar refractivity (Wildman–Crippen MR) is 60.5 cm³/mol.